The van der Waals surface area contributed by atoms with Crippen molar-refractivity contribution in [2.24, 2.45) is 11.8 Å². The minimum Gasteiger partial charge on any atom is -0.481 e. The van der Waals surface area contributed by atoms with Gasteiger partial charge >= 0.3 is 5.97 Å². The van der Waals surface area contributed by atoms with Gasteiger partial charge in [-0.3, -0.25) is 9.59 Å². The summed E-state index contributed by atoms with van der Waals surface area (Å²) in [4.78, 5) is 25.0. The number of likely N-dealkylation sites (tertiary alicyclic amines) is 1. The lowest BCUT2D eigenvalue weighted by atomic mass is 9.82. The number of hydrogen-bond donors (Lipinski definition) is 2. The van der Waals surface area contributed by atoms with Crippen LogP contribution in [0.25, 0.3) is 0 Å². The molecule has 1 aliphatic heterocycles. The number of aliphatic carboxylic acids is 1. The monoisotopic (exact) mass is 296 g/mol. The van der Waals surface area contributed by atoms with E-state index < -0.39 is 5.97 Å². The van der Waals surface area contributed by atoms with Gasteiger partial charge in [0.2, 0.25) is 5.91 Å². The van der Waals surface area contributed by atoms with Gasteiger partial charge in [0.1, 0.15) is 0 Å². The molecule has 5 nitrogen and oxygen atoms in total. The van der Waals surface area contributed by atoms with E-state index in [0.717, 1.165) is 58.2 Å². The van der Waals surface area contributed by atoms with Gasteiger partial charge in [-0.25, -0.2) is 0 Å². The molecular weight excluding hydrogens is 268 g/mol. The molecule has 0 atom stereocenters. The van der Waals surface area contributed by atoms with Crippen molar-refractivity contribution in [3.05, 3.63) is 0 Å². The fourth-order valence-electron chi connectivity index (χ4n) is 3.43. The molecule has 21 heavy (non-hydrogen) atoms. The average molecular weight is 296 g/mol. The Morgan fingerprint density at radius 3 is 2.19 bits per heavy atom. The molecular formula is C16H28N2O3. The van der Waals surface area contributed by atoms with Gasteiger partial charge in [-0.2, -0.15) is 0 Å². The molecule has 1 heterocycles. The largest absolute Gasteiger partial charge is 0.481 e. The van der Waals surface area contributed by atoms with E-state index in [-0.39, 0.29) is 11.8 Å². The molecule has 0 aromatic rings. The van der Waals surface area contributed by atoms with E-state index in [9.17, 15) is 9.59 Å². The number of carboxylic acid groups (broad SMARTS) is 1. The van der Waals surface area contributed by atoms with Gasteiger partial charge < -0.3 is 15.3 Å². The molecule has 2 fully saturated rings. The normalized spacial score (nSPS) is 27.1. The van der Waals surface area contributed by atoms with Crippen molar-refractivity contribution in [2.45, 2.75) is 51.4 Å². The Kier molecular flexibility index (Phi) is 6.49. The summed E-state index contributed by atoms with van der Waals surface area (Å²) >= 11 is 0. The molecule has 0 aromatic carbocycles. The van der Waals surface area contributed by atoms with Crippen molar-refractivity contribution in [2.75, 3.05) is 26.2 Å². The molecule has 1 saturated heterocycles. The second kappa shape index (κ2) is 8.37. The summed E-state index contributed by atoms with van der Waals surface area (Å²) in [7, 11) is 0. The van der Waals surface area contributed by atoms with Gasteiger partial charge in [0, 0.05) is 13.1 Å². The molecule has 0 bridgehead atoms. The number of nitrogens with zero attached hydrogens (tertiary/aromatic N) is 1. The number of carbonyl (C=O) groups excluding carboxylic acids is 1. The zero-order valence-electron chi connectivity index (χ0n) is 12.9. The predicted octanol–water partition coefficient (Wildman–Crippen LogP) is 1.87. The third-order valence-electron chi connectivity index (χ3n) is 4.86. The maximum absolute atomic E-state index is 12.1. The Morgan fingerprint density at radius 2 is 1.62 bits per heavy atom. The van der Waals surface area contributed by atoms with Crippen LogP contribution in [0.15, 0.2) is 0 Å². The second-order valence-corrected chi connectivity index (χ2v) is 6.48. The minimum atomic E-state index is -0.655. The van der Waals surface area contributed by atoms with E-state index in [1.807, 2.05) is 4.90 Å². The van der Waals surface area contributed by atoms with Gasteiger partial charge in [0.25, 0.3) is 0 Å². The quantitative estimate of drug-likeness (QED) is 0.812. The zero-order chi connectivity index (χ0) is 15.1. The van der Waals surface area contributed by atoms with Crippen molar-refractivity contribution in [1.29, 1.82) is 0 Å². The molecule has 1 saturated carbocycles. The first kappa shape index (κ1) is 16.3. The standard InChI is InChI=1S/C16H28N2O3/c19-15(18-9-3-1-2-4-10-18)12-17-11-13-5-7-14(8-6-13)16(20)21/h13-14,17H,1-12H2,(H,20,21). The van der Waals surface area contributed by atoms with Gasteiger partial charge in [-0.15, -0.1) is 0 Å². The highest BCUT2D eigenvalue weighted by Crippen LogP contribution is 2.28. The van der Waals surface area contributed by atoms with Crippen LogP contribution in [0.4, 0.5) is 0 Å². The van der Waals surface area contributed by atoms with Gasteiger partial charge in [-0.1, -0.05) is 12.8 Å². The Hall–Kier alpha value is -1.10. The summed E-state index contributed by atoms with van der Waals surface area (Å²) in [5, 5.41) is 12.3. The van der Waals surface area contributed by atoms with E-state index in [2.05, 4.69) is 5.32 Å². The maximum atomic E-state index is 12.1. The van der Waals surface area contributed by atoms with Crippen molar-refractivity contribution in [3.8, 4) is 0 Å². The lowest BCUT2D eigenvalue weighted by Crippen LogP contribution is -2.40. The number of nitrogens with one attached hydrogen (secondary N) is 1. The summed E-state index contributed by atoms with van der Waals surface area (Å²) in [5.74, 6) is -0.0635. The summed E-state index contributed by atoms with van der Waals surface area (Å²) in [6.07, 6.45) is 8.22. The minimum absolute atomic E-state index is 0.153. The van der Waals surface area contributed by atoms with Crippen LogP contribution in [0.3, 0.4) is 0 Å². The molecule has 1 amide bonds. The van der Waals surface area contributed by atoms with Crippen LogP contribution in [0.2, 0.25) is 0 Å². The highest BCUT2D eigenvalue weighted by Gasteiger charge is 2.25. The van der Waals surface area contributed by atoms with Crippen LogP contribution in [-0.4, -0.2) is 48.1 Å². The molecule has 0 aromatic heterocycles. The fourth-order valence-corrected chi connectivity index (χ4v) is 3.43. The topological polar surface area (TPSA) is 69.6 Å². The van der Waals surface area contributed by atoms with Crippen LogP contribution >= 0.6 is 0 Å². The number of rotatable bonds is 5. The highest BCUT2D eigenvalue weighted by molar-refractivity contribution is 5.78. The summed E-state index contributed by atoms with van der Waals surface area (Å²) in [6, 6.07) is 0. The highest BCUT2D eigenvalue weighted by atomic mass is 16.4. The maximum Gasteiger partial charge on any atom is 0.306 e. The van der Waals surface area contributed by atoms with Crippen LogP contribution in [0.1, 0.15) is 51.4 Å². The first-order valence-electron chi connectivity index (χ1n) is 8.38. The van der Waals surface area contributed by atoms with Gasteiger partial charge in [0.05, 0.1) is 12.5 Å². The van der Waals surface area contributed by atoms with E-state index >= 15 is 0 Å². The number of hydrogen-bond acceptors (Lipinski definition) is 3. The zero-order valence-corrected chi connectivity index (χ0v) is 12.9. The van der Waals surface area contributed by atoms with Crippen molar-refractivity contribution < 1.29 is 14.7 Å². The number of carboxylic acids is 1. The molecule has 0 spiro atoms. The van der Waals surface area contributed by atoms with Crippen LogP contribution in [0.5, 0.6) is 0 Å². The number of amides is 1. The molecule has 0 unspecified atom stereocenters. The Bertz CT molecular complexity index is 343. The summed E-state index contributed by atoms with van der Waals surface area (Å²) in [6.45, 7) is 3.08. The van der Waals surface area contributed by atoms with Crippen LogP contribution in [-0.2, 0) is 9.59 Å². The average Bonchev–Trinajstić information content (AvgIpc) is 2.77. The lowest BCUT2D eigenvalue weighted by Gasteiger charge is -2.26. The molecule has 5 heteroatoms. The summed E-state index contributed by atoms with van der Waals surface area (Å²) < 4.78 is 0. The molecule has 0 radical (unpaired) electrons. The molecule has 2 rings (SSSR count). The third kappa shape index (κ3) is 5.30. The smallest absolute Gasteiger partial charge is 0.306 e. The lowest BCUT2D eigenvalue weighted by molar-refractivity contribution is -0.143. The molecule has 120 valence electrons. The van der Waals surface area contributed by atoms with Crippen LogP contribution in [0, 0.1) is 11.8 Å². The Balaban J connectivity index is 1.61. The Labute approximate surface area is 127 Å². The SMILES string of the molecule is O=C(O)C1CCC(CNCC(=O)N2CCCCCC2)CC1. The van der Waals surface area contributed by atoms with Crippen LogP contribution < -0.4 is 5.32 Å². The van der Waals surface area contributed by atoms with Crippen molar-refractivity contribution in [1.82, 2.24) is 10.2 Å². The molecule has 1 aliphatic carbocycles. The van der Waals surface area contributed by atoms with Crippen molar-refractivity contribution in [3.63, 3.8) is 0 Å². The molecule has 2 aliphatic rings. The fraction of sp³-hybridized carbons (Fsp3) is 0.875. The Morgan fingerprint density at radius 1 is 1.00 bits per heavy atom. The molecule has 2 N–H and O–H groups in total. The van der Waals surface area contributed by atoms with Gasteiger partial charge in [-0.05, 0) is 51.0 Å². The first-order valence-corrected chi connectivity index (χ1v) is 8.38. The van der Waals surface area contributed by atoms with Gasteiger partial charge in [0.15, 0.2) is 0 Å². The third-order valence-corrected chi connectivity index (χ3v) is 4.86. The van der Waals surface area contributed by atoms with E-state index in [0.29, 0.717) is 12.5 Å². The van der Waals surface area contributed by atoms with E-state index in [4.69, 9.17) is 5.11 Å². The first-order chi connectivity index (χ1) is 10.2. The van der Waals surface area contributed by atoms with E-state index in [1.165, 1.54) is 12.8 Å². The second-order valence-electron chi connectivity index (χ2n) is 6.48. The van der Waals surface area contributed by atoms with Crippen molar-refractivity contribution >= 4 is 11.9 Å². The number of carbonyl (C=O) groups is 2. The summed E-state index contributed by atoms with van der Waals surface area (Å²) in [5.41, 5.74) is 0. The predicted molar refractivity (Wildman–Crippen MR) is 81.0 cm³/mol. The van der Waals surface area contributed by atoms with E-state index in [1.54, 1.807) is 0 Å².